The second-order valence-corrected chi connectivity index (χ2v) is 4.24. The number of nitrogens with zero attached hydrogens (tertiary/aromatic N) is 4. The van der Waals surface area contributed by atoms with E-state index in [4.69, 9.17) is 0 Å². The van der Waals surface area contributed by atoms with Crippen LogP contribution in [0.15, 0.2) is 24.7 Å². The van der Waals surface area contributed by atoms with E-state index in [1.54, 1.807) is 6.20 Å². The number of hydrogen-bond donors (Lipinski definition) is 1. The number of likely N-dealkylation sites (tertiary alicyclic amines) is 1. The maximum atomic E-state index is 9.44. The Bertz CT molecular complexity index is 462. The molecule has 3 heterocycles. The van der Waals surface area contributed by atoms with Crippen molar-refractivity contribution in [2.45, 2.75) is 19.1 Å². The van der Waals surface area contributed by atoms with Crippen LogP contribution in [0.4, 0.5) is 0 Å². The zero-order valence-corrected chi connectivity index (χ0v) is 8.95. The smallest absolute Gasteiger partial charge is 0.233 e. The summed E-state index contributed by atoms with van der Waals surface area (Å²) in [4.78, 5) is 10.8. The van der Waals surface area contributed by atoms with Gasteiger partial charge in [-0.05, 0) is 12.5 Å². The molecule has 0 spiro atoms. The fourth-order valence-electron chi connectivity index (χ4n) is 2.14. The predicted octanol–water partition coefficient (Wildman–Crippen LogP) is 0.296. The van der Waals surface area contributed by atoms with Crippen LogP contribution >= 0.6 is 0 Å². The lowest BCUT2D eigenvalue weighted by Crippen LogP contribution is -2.21. The van der Waals surface area contributed by atoms with Gasteiger partial charge in [0.15, 0.2) is 0 Å². The van der Waals surface area contributed by atoms with E-state index in [-0.39, 0.29) is 6.10 Å². The average molecular weight is 218 g/mol. The van der Waals surface area contributed by atoms with Crippen molar-refractivity contribution in [3.63, 3.8) is 0 Å². The highest BCUT2D eigenvalue weighted by molar-refractivity contribution is 5.29. The minimum absolute atomic E-state index is 0.171. The van der Waals surface area contributed by atoms with Crippen LogP contribution in [0.5, 0.6) is 0 Å². The minimum Gasteiger partial charge on any atom is -0.392 e. The fourth-order valence-corrected chi connectivity index (χ4v) is 2.14. The van der Waals surface area contributed by atoms with E-state index in [1.807, 2.05) is 22.9 Å². The van der Waals surface area contributed by atoms with Crippen LogP contribution in [-0.2, 0) is 6.54 Å². The van der Waals surface area contributed by atoms with E-state index < -0.39 is 0 Å². The van der Waals surface area contributed by atoms with E-state index in [9.17, 15) is 5.11 Å². The number of β-amino-alcohol motifs (C(OH)–C–C–N with tert-alkyl or cyclic N) is 1. The molecule has 0 bridgehead atoms. The van der Waals surface area contributed by atoms with Crippen LogP contribution in [0.25, 0.3) is 5.78 Å². The molecule has 0 aliphatic carbocycles. The zero-order chi connectivity index (χ0) is 11.0. The summed E-state index contributed by atoms with van der Waals surface area (Å²) in [6, 6.07) is 1.89. The molecule has 1 fully saturated rings. The molecular weight excluding hydrogens is 204 g/mol. The Balaban J connectivity index is 1.79. The van der Waals surface area contributed by atoms with Crippen molar-refractivity contribution in [2.75, 3.05) is 13.1 Å². The summed E-state index contributed by atoms with van der Waals surface area (Å²) < 4.78 is 1.92. The van der Waals surface area contributed by atoms with Gasteiger partial charge in [-0.1, -0.05) is 0 Å². The predicted molar refractivity (Wildman–Crippen MR) is 58.9 cm³/mol. The van der Waals surface area contributed by atoms with Crippen molar-refractivity contribution in [1.82, 2.24) is 19.3 Å². The summed E-state index contributed by atoms with van der Waals surface area (Å²) in [6.07, 6.45) is 6.37. The van der Waals surface area contributed by atoms with Crippen LogP contribution in [-0.4, -0.2) is 43.6 Å². The van der Waals surface area contributed by atoms with Crippen LogP contribution in [0.2, 0.25) is 0 Å². The highest BCUT2D eigenvalue weighted by Gasteiger charge is 2.20. The number of hydrogen-bond acceptors (Lipinski definition) is 4. The molecule has 0 amide bonds. The number of fused-ring (bicyclic) bond motifs is 1. The molecule has 1 saturated heterocycles. The van der Waals surface area contributed by atoms with Crippen molar-refractivity contribution in [3.8, 4) is 0 Å². The number of imidazole rings is 1. The highest BCUT2D eigenvalue weighted by Crippen LogP contribution is 2.12. The quantitative estimate of drug-likeness (QED) is 0.787. The lowest BCUT2D eigenvalue weighted by Gasteiger charge is -2.12. The molecule has 5 nitrogen and oxygen atoms in total. The molecule has 1 N–H and O–H groups in total. The summed E-state index contributed by atoms with van der Waals surface area (Å²) in [5, 5.41) is 9.44. The third-order valence-corrected chi connectivity index (χ3v) is 2.92. The summed E-state index contributed by atoms with van der Waals surface area (Å²) in [6.45, 7) is 2.49. The van der Waals surface area contributed by atoms with Crippen LogP contribution in [0.1, 0.15) is 12.1 Å². The van der Waals surface area contributed by atoms with E-state index in [0.717, 1.165) is 37.5 Å². The van der Waals surface area contributed by atoms with E-state index >= 15 is 0 Å². The maximum absolute atomic E-state index is 9.44. The van der Waals surface area contributed by atoms with Gasteiger partial charge in [-0.3, -0.25) is 9.30 Å². The van der Waals surface area contributed by atoms with Gasteiger partial charge in [0.05, 0.1) is 11.8 Å². The van der Waals surface area contributed by atoms with E-state index in [2.05, 4.69) is 14.9 Å². The molecule has 0 aromatic carbocycles. The molecule has 16 heavy (non-hydrogen) atoms. The topological polar surface area (TPSA) is 53.7 Å². The molecule has 2 aromatic rings. The Hall–Kier alpha value is -1.46. The largest absolute Gasteiger partial charge is 0.392 e. The minimum atomic E-state index is -0.171. The Kier molecular flexibility index (Phi) is 2.34. The SMILES string of the molecule is O[C@@H]1CCN(Cc2cn3cccnc3n2)C1. The first-order valence-corrected chi connectivity index (χ1v) is 5.50. The van der Waals surface area contributed by atoms with E-state index in [0.29, 0.717) is 0 Å². The van der Waals surface area contributed by atoms with E-state index in [1.165, 1.54) is 0 Å². The molecule has 0 unspecified atom stereocenters. The first kappa shape index (κ1) is 9.74. The van der Waals surface area contributed by atoms with Gasteiger partial charge in [0.2, 0.25) is 5.78 Å². The first-order chi connectivity index (χ1) is 7.81. The second-order valence-electron chi connectivity index (χ2n) is 4.24. The van der Waals surface area contributed by atoms with Crippen molar-refractivity contribution >= 4 is 5.78 Å². The van der Waals surface area contributed by atoms with Crippen molar-refractivity contribution in [2.24, 2.45) is 0 Å². The van der Waals surface area contributed by atoms with Crippen molar-refractivity contribution in [1.29, 1.82) is 0 Å². The maximum Gasteiger partial charge on any atom is 0.233 e. The fraction of sp³-hybridized carbons (Fsp3) is 0.455. The molecule has 84 valence electrons. The molecule has 3 rings (SSSR count). The van der Waals surface area contributed by atoms with Gasteiger partial charge in [-0.15, -0.1) is 0 Å². The Morgan fingerprint density at radius 1 is 1.50 bits per heavy atom. The zero-order valence-electron chi connectivity index (χ0n) is 8.95. The summed E-state index contributed by atoms with van der Waals surface area (Å²) in [7, 11) is 0. The Morgan fingerprint density at radius 3 is 3.19 bits per heavy atom. The van der Waals surface area contributed by atoms with Crippen LogP contribution < -0.4 is 0 Å². The standard InChI is InChI=1S/C11H14N4O/c16-10-2-5-14(8-10)6-9-7-15-4-1-3-12-11(15)13-9/h1,3-4,7,10,16H,2,5-6,8H2/t10-/m1/s1. The molecule has 1 aliphatic heterocycles. The highest BCUT2D eigenvalue weighted by atomic mass is 16.3. The van der Waals surface area contributed by atoms with Gasteiger partial charge in [0.1, 0.15) is 0 Å². The average Bonchev–Trinajstić information content (AvgIpc) is 2.84. The molecular formula is C11H14N4O. The number of aliphatic hydroxyl groups is 1. The monoisotopic (exact) mass is 218 g/mol. The van der Waals surface area contributed by atoms with Gasteiger partial charge in [-0.2, -0.15) is 0 Å². The van der Waals surface area contributed by atoms with Crippen LogP contribution in [0.3, 0.4) is 0 Å². The summed E-state index contributed by atoms with van der Waals surface area (Å²) in [5.74, 6) is 0.734. The van der Waals surface area contributed by atoms with Crippen LogP contribution in [0, 0.1) is 0 Å². The van der Waals surface area contributed by atoms with Gasteiger partial charge >= 0.3 is 0 Å². The normalized spacial score (nSPS) is 21.9. The first-order valence-electron chi connectivity index (χ1n) is 5.50. The summed E-state index contributed by atoms with van der Waals surface area (Å²) >= 11 is 0. The molecule has 5 heteroatoms. The molecule has 0 saturated carbocycles. The second kappa shape index (κ2) is 3.84. The molecule has 2 aromatic heterocycles. The lowest BCUT2D eigenvalue weighted by molar-refractivity contribution is 0.174. The van der Waals surface area contributed by atoms with Gasteiger partial charge in [0, 0.05) is 38.2 Å². The van der Waals surface area contributed by atoms with Gasteiger partial charge < -0.3 is 5.11 Å². The summed E-state index contributed by atoms with van der Waals surface area (Å²) in [5.41, 5.74) is 1.01. The van der Waals surface area contributed by atoms with Gasteiger partial charge in [-0.25, -0.2) is 9.97 Å². The number of aliphatic hydroxyl groups excluding tert-OH is 1. The molecule has 1 aliphatic rings. The number of aromatic nitrogens is 3. The third-order valence-electron chi connectivity index (χ3n) is 2.92. The Morgan fingerprint density at radius 2 is 2.44 bits per heavy atom. The van der Waals surface area contributed by atoms with Crippen molar-refractivity contribution < 1.29 is 5.11 Å². The Labute approximate surface area is 93.4 Å². The molecule has 1 atom stereocenters. The molecule has 0 radical (unpaired) electrons. The lowest BCUT2D eigenvalue weighted by atomic mass is 10.3. The third kappa shape index (κ3) is 1.79. The van der Waals surface area contributed by atoms with Gasteiger partial charge in [0.25, 0.3) is 0 Å². The number of rotatable bonds is 2. The van der Waals surface area contributed by atoms with Crippen molar-refractivity contribution in [3.05, 3.63) is 30.4 Å².